The number of likely N-dealkylation sites (N-methyl/N-ethyl adjacent to an activating group) is 1. The summed E-state index contributed by atoms with van der Waals surface area (Å²) in [5.41, 5.74) is 0.559. The van der Waals surface area contributed by atoms with Crippen LogP contribution in [0.1, 0.15) is 16.9 Å². The molecule has 1 aromatic rings. The number of aromatic nitrogens is 2. The predicted octanol–water partition coefficient (Wildman–Crippen LogP) is 0.836. The van der Waals surface area contributed by atoms with Gasteiger partial charge in [-0.05, 0) is 19.5 Å². The van der Waals surface area contributed by atoms with Gasteiger partial charge in [-0.3, -0.25) is 9.89 Å². The number of H-pyrrole nitrogens is 1. The number of nitrogens with zero attached hydrogens (tertiary/aromatic N) is 3. The SMILES string of the molecule is CN1CCO[C@@H]2CN(C(=O)c3ccn[nH]3)CC[C@@H]2C1.O=C(O)C(F)(F)F. The van der Waals surface area contributed by atoms with Crippen molar-refractivity contribution in [1.29, 1.82) is 0 Å². The van der Waals surface area contributed by atoms with Crippen molar-refractivity contribution in [3.63, 3.8) is 0 Å². The third-order valence-electron chi connectivity index (χ3n) is 4.31. The highest BCUT2D eigenvalue weighted by Gasteiger charge is 2.38. The lowest BCUT2D eigenvalue weighted by atomic mass is 9.93. The maximum Gasteiger partial charge on any atom is 0.490 e. The molecule has 2 atom stereocenters. The number of ether oxygens (including phenoxy) is 1. The molecule has 2 aliphatic rings. The second-order valence-electron chi connectivity index (χ2n) is 6.24. The van der Waals surface area contributed by atoms with Crippen molar-refractivity contribution in [2.24, 2.45) is 5.92 Å². The standard InChI is InChI=1S/C13H20N4O2.C2HF3O2/c1-16-6-7-19-12-9-17(5-3-10(12)8-16)13(18)11-2-4-14-15-11;3-2(4,5)1(6)7/h2,4,10,12H,3,5-9H2,1H3,(H,14,15);(H,6,7)/t10-,12-;/m1./s1. The lowest BCUT2D eigenvalue weighted by molar-refractivity contribution is -0.192. The van der Waals surface area contributed by atoms with E-state index in [4.69, 9.17) is 14.6 Å². The van der Waals surface area contributed by atoms with Gasteiger partial charge in [-0.15, -0.1) is 0 Å². The van der Waals surface area contributed by atoms with Gasteiger partial charge >= 0.3 is 12.1 Å². The Hall–Kier alpha value is -2.14. The van der Waals surface area contributed by atoms with E-state index in [2.05, 4.69) is 22.1 Å². The fourth-order valence-electron chi connectivity index (χ4n) is 2.94. The summed E-state index contributed by atoms with van der Waals surface area (Å²) >= 11 is 0. The third-order valence-corrected chi connectivity index (χ3v) is 4.31. The van der Waals surface area contributed by atoms with E-state index < -0.39 is 12.1 Å². The normalized spacial score (nSPS) is 24.1. The fraction of sp³-hybridized carbons (Fsp3) is 0.667. The zero-order chi connectivity index (χ0) is 19.3. The molecule has 0 aliphatic carbocycles. The van der Waals surface area contributed by atoms with Crippen LogP contribution in [-0.4, -0.2) is 89.1 Å². The van der Waals surface area contributed by atoms with Crippen LogP contribution in [0.3, 0.4) is 0 Å². The Balaban J connectivity index is 0.000000298. The van der Waals surface area contributed by atoms with Gasteiger partial charge in [-0.25, -0.2) is 4.79 Å². The van der Waals surface area contributed by atoms with E-state index in [1.165, 1.54) is 0 Å². The predicted molar refractivity (Wildman–Crippen MR) is 83.5 cm³/mol. The number of nitrogens with one attached hydrogen (secondary N) is 1. The fourth-order valence-corrected chi connectivity index (χ4v) is 2.94. The summed E-state index contributed by atoms with van der Waals surface area (Å²) in [5.74, 6) is -2.19. The second-order valence-corrected chi connectivity index (χ2v) is 6.24. The van der Waals surface area contributed by atoms with Crippen LogP contribution in [0.15, 0.2) is 12.3 Å². The van der Waals surface area contributed by atoms with Crippen molar-refractivity contribution < 1.29 is 32.6 Å². The number of aromatic amines is 1. The van der Waals surface area contributed by atoms with Crippen molar-refractivity contribution in [1.82, 2.24) is 20.0 Å². The molecule has 2 saturated heterocycles. The molecule has 1 amide bonds. The van der Waals surface area contributed by atoms with Gasteiger partial charge in [0.1, 0.15) is 5.69 Å². The van der Waals surface area contributed by atoms with Gasteiger partial charge in [-0.1, -0.05) is 0 Å². The lowest BCUT2D eigenvalue weighted by Crippen LogP contribution is -2.49. The molecular weight excluding hydrogens is 357 g/mol. The van der Waals surface area contributed by atoms with Crippen molar-refractivity contribution in [3.8, 4) is 0 Å². The summed E-state index contributed by atoms with van der Waals surface area (Å²) in [5, 5.41) is 13.7. The van der Waals surface area contributed by atoms with Gasteiger partial charge in [0.25, 0.3) is 5.91 Å². The van der Waals surface area contributed by atoms with Crippen molar-refractivity contribution in [2.75, 3.05) is 39.8 Å². The summed E-state index contributed by atoms with van der Waals surface area (Å²) < 4.78 is 37.6. The molecular formula is C15H21F3N4O4. The molecule has 1 aromatic heterocycles. The molecule has 146 valence electrons. The van der Waals surface area contributed by atoms with Crippen LogP contribution in [-0.2, 0) is 9.53 Å². The van der Waals surface area contributed by atoms with Crippen molar-refractivity contribution in [3.05, 3.63) is 18.0 Å². The molecule has 11 heteroatoms. The Kier molecular flexibility index (Phi) is 6.59. The Morgan fingerprint density at radius 2 is 2.04 bits per heavy atom. The summed E-state index contributed by atoms with van der Waals surface area (Å²) in [6, 6.07) is 1.72. The number of hydrogen-bond acceptors (Lipinski definition) is 5. The van der Waals surface area contributed by atoms with Crippen LogP contribution < -0.4 is 0 Å². The van der Waals surface area contributed by atoms with Crippen LogP contribution in [0.2, 0.25) is 0 Å². The lowest BCUT2D eigenvalue weighted by Gasteiger charge is -2.37. The van der Waals surface area contributed by atoms with Gasteiger partial charge in [0.2, 0.25) is 0 Å². The highest BCUT2D eigenvalue weighted by atomic mass is 19.4. The number of carboxylic acid groups (broad SMARTS) is 1. The van der Waals surface area contributed by atoms with Gasteiger partial charge < -0.3 is 19.6 Å². The Morgan fingerprint density at radius 1 is 1.35 bits per heavy atom. The Labute approximate surface area is 147 Å². The monoisotopic (exact) mass is 378 g/mol. The number of piperidine rings is 1. The van der Waals surface area contributed by atoms with E-state index in [0.717, 1.165) is 32.7 Å². The number of fused-ring (bicyclic) bond motifs is 1. The summed E-state index contributed by atoms with van der Waals surface area (Å²) in [7, 11) is 2.13. The number of alkyl halides is 3. The number of rotatable bonds is 1. The van der Waals surface area contributed by atoms with Gasteiger partial charge in [0, 0.05) is 38.3 Å². The molecule has 2 fully saturated rings. The molecule has 2 N–H and O–H groups in total. The zero-order valence-corrected chi connectivity index (χ0v) is 14.2. The van der Waals surface area contributed by atoms with Gasteiger partial charge in [-0.2, -0.15) is 18.3 Å². The minimum absolute atomic E-state index is 0.0251. The quantitative estimate of drug-likeness (QED) is 0.751. The van der Waals surface area contributed by atoms with E-state index in [1.807, 2.05) is 4.90 Å². The van der Waals surface area contributed by atoms with Crippen LogP contribution in [0.4, 0.5) is 13.2 Å². The molecule has 26 heavy (non-hydrogen) atoms. The first-order valence-electron chi connectivity index (χ1n) is 8.07. The number of likely N-dealkylation sites (tertiary alicyclic amines) is 1. The minimum Gasteiger partial charge on any atom is -0.475 e. The van der Waals surface area contributed by atoms with Crippen LogP contribution in [0, 0.1) is 5.92 Å². The first kappa shape index (κ1) is 20.2. The average Bonchev–Trinajstić information content (AvgIpc) is 3.03. The molecule has 0 aromatic carbocycles. The van der Waals surface area contributed by atoms with E-state index in [-0.39, 0.29) is 12.0 Å². The molecule has 8 nitrogen and oxygen atoms in total. The highest BCUT2D eigenvalue weighted by molar-refractivity contribution is 5.92. The van der Waals surface area contributed by atoms with Crippen molar-refractivity contribution >= 4 is 11.9 Å². The highest BCUT2D eigenvalue weighted by Crippen LogP contribution is 2.24. The number of hydrogen-bond donors (Lipinski definition) is 2. The number of carbonyl (C=O) groups is 2. The topological polar surface area (TPSA) is 98.8 Å². The minimum atomic E-state index is -5.08. The number of amides is 1. The summed E-state index contributed by atoms with van der Waals surface area (Å²) in [6.07, 6.45) is -2.29. The largest absolute Gasteiger partial charge is 0.490 e. The zero-order valence-electron chi connectivity index (χ0n) is 14.2. The molecule has 0 saturated carbocycles. The van der Waals surface area contributed by atoms with Crippen LogP contribution in [0.25, 0.3) is 0 Å². The molecule has 3 heterocycles. The van der Waals surface area contributed by atoms with E-state index >= 15 is 0 Å². The maximum absolute atomic E-state index is 12.3. The van der Waals surface area contributed by atoms with Gasteiger partial charge in [0.15, 0.2) is 0 Å². The number of halogens is 3. The van der Waals surface area contributed by atoms with Crippen LogP contribution >= 0.6 is 0 Å². The smallest absolute Gasteiger partial charge is 0.475 e. The molecule has 2 aliphatic heterocycles. The number of carboxylic acids is 1. The first-order valence-corrected chi connectivity index (χ1v) is 8.07. The maximum atomic E-state index is 12.3. The van der Waals surface area contributed by atoms with Crippen molar-refractivity contribution in [2.45, 2.75) is 18.7 Å². The molecule has 0 unspecified atom stereocenters. The molecule has 0 radical (unpaired) electrons. The summed E-state index contributed by atoms with van der Waals surface area (Å²) in [6.45, 7) is 4.29. The van der Waals surface area contributed by atoms with Gasteiger partial charge in [0.05, 0.1) is 12.7 Å². The third kappa shape index (κ3) is 5.43. The van der Waals surface area contributed by atoms with E-state index in [1.54, 1.807) is 12.3 Å². The number of carbonyl (C=O) groups excluding carboxylic acids is 1. The summed E-state index contributed by atoms with van der Waals surface area (Å²) in [4.78, 5) is 25.4. The second kappa shape index (κ2) is 8.49. The molecule has 3 rings (SSSR count). The van der Waals surface area contributed by atoms with E-state index in [9.17, 15) is 18.0 Å². The van der Waals surface area contributed by atoms with E-state index in [0.29, 0.717) is 18.2 Å². The Bertz CT molecular complexity index is 609. The first-order chi connectivity index (χ1) is 12.2. The number of aliphatic carboxylic acids is 1. The molecule has 0 bridgehead atoms. The average molecular weight is 378 g/mol. The van der Waals surface area contributed by atoms with Crippen LogP contribution in [0.5, 0.6) is 0 Å². The Morgan fingerprint density at radius 3 is 2.62 bits per heavy atom. The molecule has 0 spiro atoms.